The number of hydrogen-bond acceptors (Lipinski definition) is 6. The average Bonchev–Trinajstić information content (AvgIpc) is 2.66. The Balaban J connectivity index is 2.43. The lowest BCUT2D eigenvalue weighted by molar-refractivity contribution is 0.500. The third-order valence-electron chi connectivity index (χ3n) is 2.46. The molecule has 0 aliphatic rings. The summed E-state index contributed by atoms with van der Waals surface area (Å²) in [5.74, 6) is 1.14. The molecule has 0 aliphatic heterocycles. The fourth-order valence-corrected chi connectivity index (χ4v) is 3.07. The van der Waals surface area contributed by atoms with Gasteiger partial charge < -0.3 is 10.6 Å². The van der Waals surface area contributed by atoms with Crippen LogP contribution in [0.25, 0.3) is 0 Å². The van der Waals surface area contributed by atoms with Gasteiger partial charge in [-0.25, -0.2) is 0 Å². The second-order valence-corrected chi connectivity index (χ2v) is 6.94. The van der Waals surface area contributed by atoms with E-state index in [1.165, 1.54) is 0 Å². The van der Waals surface area contributed by atoms with Crippen LogP contribution in [0.15, 0.2) is 4.34 Å². The van der Waals surface area contributed by atoms with Gasteiger partial charge in [0.1, 0.15) is 0 Å². The number of amidine groups is 1. The quantitative estimate of drug-likeness (QED) is 0.471. The van der Waals surface area contributed by atoms with Crippen molar-refractivity contribution in [2.24, 2.45) is 11.1 Å². The first-order valence-corrected chi connectivity index (χ1v) is 7.11. The lowest BCUT2D eigenvalue weighted by Crippen LogP contribution is -2.31. The first kappa shape index (κ1) is 14.2. The highest BCUT2D eigenvalue weighted by molar-refractivity contribution is 8.01. The Bertz CT molecular complexity index is 386. The van der Waals surface area contributed by atoms with Crippen LogP contribution in [0.3, 0.4) is 0 Å². The molecule has 0 atom stereocenters. The van der Waals surface area contributed by atoms with Crippen LogP contribution in [-0.4, -0.2) is 35.9 Å². The third-order valence-corrected chi connectivity index (χ3v) is 4.69. The van der Waals surface area contributed by atoms with Crippen molar-refractivity contribution in [3.05, 3.63) is 0 Å². The van der Waals surface area contributed by atoms with Gasteiger partial charge in [0, 0.05) is 25.3 Å². The topological polar surface area (TPSA) is 78.9 Å². The Morgan fingerprint density at radius 3 is 2.59 bits per heavy atom. The maximum absolute atomic E-state index is 7.48. The highest BCUT2D eigenvalue weighted by Gasteiger charge is 2.21. The van der Waals surface area contributed by atoms with Gasteiger partial charge in [-0.1, -0.05) is 36.9 Å². The molecule has 96 valence electrons. The van der Waals surface area contributed by atoms with Crippen molar-refractivity contribution in [2.75, 3.05) is 24.7 Å². The molecule has 3 N–H and O–H groups in total. The van der Waals surface area contributed by atoms with Gasteiger partial charge in [-0.3, -0.25) is 5.41 Å². The van der Waals surface area contributed by atoms with E-state index < -0.39 is 0 Å². The SMILES string of the molecule is CN(C)c1nnc(SCCC(C)(C)C(=N)N)s1. The summed E-state index contributed by atoms with van der Waals surface area (Å²) < 4.78 is 0.966. The molecule has 0 saturated heterocycles. The molecule has 0 aromatic carbocycles. The van der Waals surface area contributed by atoms with E-state index in [1.807, 2.05) is 32.8 Å². The van der Waals surface area contributed by atoms with Gasteiger partial charge in [-0.15, -0.1) is 10.2 Å². The minimum atomic E-state index is -0.234. The van der Waals surface area contributed by atoms with E-state index in [0.29, 0.717) is 0 Å². The molecule has 1 rings (SSSR count). The molecule has 0 amide bonds. The summed E-state index contributed by atoms with van der Waals surface area (Å²) in [7, 11) is 3.90. The van der Waals surface area contributed by atoms with E-state index in [1.54, 1.807) is 23.1 Å². The highest BCUT2D eigenvalue weighted by Crippen LogP contribution is 2.30. The molecule has 0 aliphatic carbocycles. The van der Waals surface area contributed by atoms with Gasteiger partial charge in [0.15, 0.2) is 4.34 Å². The zero-order valence-electron chi connectivity index (χ0n) is 10.6. The molecule has 1 aromatic heterocycles. The first-order chi connectivity index (χ1) is 7.83. The highest BCUT2D eigenvalue weighted by atomic mass is 32.2. The predicted molar refractivity (Wildman–Crippen MR) is 75.3 cm³/mol. The van der Waals surface area contributed by atoms with Gasteiger partial charge in [0.05, 0.1) is 5.84 Å². The number of nitrogens with two attached hydrogens (primary N) is 1. The van der Waals surface area contributed by atoms with Gasteiger partial charge >= 0.3 is 0 Å². The summed E-state index contributed by atoms with van der Waals surface area (Å²) in [6.45, 7) is 3.97. The van der Waals surface area contributed by atoms with Crippen LogP contribution in [0.2, 0.25) is 0 Å². The van der Waals surface area contributed by atoms with Crippen molar-refractivity contribution < 1.29 is 0 Å². The van der Waals surface area contributed by atoms with Crippen molar-refractivity contribution in [3.63, 3.8) is 0 Å². The predicted octanol–water partition coefficient (Wildman–Crippen LogP) is 2.05. The molecule has 0 spiro atoms. The number of nitrogens with zero attached hydrogens (tertiary/aromatic N) is 3. The van der Waals surface area contributed by atoms with Gasteiger partial charge in [-0.2, -0.15) is 0 Å². The molecular weight excluding hydrogens is 254 g/mol. The maximum atomic E-state index is 7.48. The van der Waals surface area contributed by atoms with Crippen molar-refractivity contribution in [3.8, 4) is 0 Å². The molecule has 1 aromatic rings. The summed E-state index contributed by atoms with van der Waals surface area (Å²) in [4.78, 5) is 1.95. The molecule has 0 radical (unpaired) electrons. The molecule has 0 unspecified atom stereocenters. The van der Waals surface area contributed by atoms with Crippen molar-refractivity contribution in [2.45, 2.75) is 24.6 Å². The zero-order chi connectivity index (χ0) is 13.1. The summed E-state index contributed by atoms with van der Waals surface area (Å²) in [6, 6.07) is 0. The number of anilines is 1. The normalized spacial score (nSPS) is 11.5. The van der Waals surface area contributed by atoms with E-state index >= 15 is 0 Å². The van der Waals surface area contributed by atoms with E-state index in [4.69, 9.17) is 11.1 Å². The minimum Gasteiger partial charge on any atom is -0.387 e. The maximum Gasteiger partial charge on any atom is 0.208 e. The van der Waals surface area contributed by atoms with Gasteiger partial charge in [0.2, 0.25) is 5.13 Å². The summed E-state index contributed by atoms with van der Waals surface area (Å²) in [5.41, 5.74) is 5.30. The minimum absolute atomic E-state index is 0.234. The van der Waals surface area contributed by atoms with Crippen LogP contribution in [0.5, 0.6) is 0 Å². The standard InChI is InChI=1S/C10H19N5S2/c1-10(2,7(11)12)5-6-16-9-14-13-8(17-9)15(3)4/h5-6H2,1-4H3,(H3,11,12). The molecule has 5 nitrogen and oxygen atoms in total. The summed E-state index contributed by atoms with van der Waals surface area (Å²) >= 11 is 3.25. The number of nitrogens with one attached hydrogen (secondary N) is 1. The van der Waals surface area contributed by atoms with Crippen molar-refractivity contribution >= 4 is 34.1 Å². The zero-order valence-corrected chi connectivity index (χ0v) is 12.3. The number of thioether (sulfide) groups is 1. The molecule has 17 heavy (non-hydrogen) atoms. The number of rotatable bonds is 6. The monoisotopic (exact) mass is 273 g/mol. The van der Waals surface area contributed by atoms with Crippen LogP contribution in [0.1, 0.15) is 20.3 Å². The number of hydrogen-bond donors (Lipinski definition) is 2. The Kier molecular flexibility index (Phi) is 4.76. The first-order valence-electron chi connectivity index (χ1n) is 5.31. The van der Waals surface area contributed by atoms with Crippen LogP contribution in [-0.2, 0) is 0 Å². The van der Waals surface area contributed by atoms with Gasteiger partial charge in [-0.05, 0) is 6.42 Å². The fraction of sp³-hybridized carbons (Fsp3) is 0.700. The van der Waals surface area contributed by atoms with Crippen LogP contribution in [0.4, 0.5) is 5.13 Å². The molecule has 0 bridgehead atoms. The van der Waals surface area contributed by atoms with Crippen molar-refractivity contribution in [1.82, 2.24) is 10.2 Å². The average molecular weight is 273 g/mol. The lowest BCUT2D eigenvalue weighted by atomic mass is 9.89. The van der Waals surface area contributed by atoms with E-state index in [2.05, 4.69) is 10.2 Å². The molecule has 0 fully saturated rings. The number of aromatic nitrogens is 2. The molecule has 7 heteroatoms. The summed E-state index contributed by atoms with van der Waals surface area (Å²) in [6.07, 6.45) is 0.865. The van der Waals surface area contributed by atoms with Gasteiger partial charge in [0.25, 0.3) is 0 Å². The lowest BCUT2D eigenvalue weighted by Gasteiger charge is -2.21. The Morgan fingerprint density at radius 2 is 2.12 bits per heavy atom. The van der Waals surface area contributed by atoms with E-state index in [-0.39, 0.29) is 11.3 Å². The van der Waals surface area contributed by atoms with E-state index in [0.717, 1.165) is 21.6 Å². The van der Waals surface area contributed by atoms with E-state index in [9.17, 15) is 0 Å². The molecular formula is C10H19N5S2. The van der Waals surface area contributed by atoms with Crippen LogP contribution in [0, 0.1) is 10.8 Å². The molecule has 1 heterocycles. The Morgan fingerprint density at radius 1 is 1.47 bits per heavy atom. The second-order valence-electron chi connectivity index (χ2n) is 4.64. The largest absolute Gasteiger partial charge is 0.387 e. The Labute approximate surface area is 110 Å². The summed E-state index contributed by atoms with van der Waals surface area (Å²) in [5, 5.41) is 16.6. The smallest absolute Gasteiger partial charge is 0.208 e. The van der Waals surface area contributed by atoms with Crippen molar-refractivity contribution in [1.29, 1.82) is 5.41 Å². The molecule has 0 saturated carbocycles. The second kappa shape index (κ2) is 5.68. The Hall–Kier alpha value is -0.820. The van der Waals surface area contributed by atoms with Crippen LogP contribution < -0.4 is 10.6 Å². The van der Waals surface area contributed by atoms with Crippen LogP contribution >= 0.6 is 23.1 Å². The fourth-order valence-electron chi connectivity index (χ4n) is 0.970. The third kappa shape index (κ3) is 4.16.